The van der Waals surface area contributed by atoms with E-state index in [1.165, 1.54) is 25.0 Å². The quantitative estimate of drug-likeness (QED) is 0.604. The highest BCUT2D eigenvalue weighted by Crippen LogP contribution is 2.31. The van der Waals surface area contributed by atoms with Gasteiger partial charge in [0.15, 0.2) is 4.34 Å². The van der Waals surface area contributed by atoms with Crippen LogP contribution in [0.15, 0.2) is 33.5 Å². The molecular formula is C13H14FN3O2S3. The van der Waals surface area contributed by atoms with Crippen LogP contribution in [0.3, 0.4) is 0 Å². The van der Waals surface area contributed by atoms with Crippen molar-refractivity contribution in [2.45, 2.75) is 27.8 Å². The summed E-state index contributed by atoms with van der Waals surface area (Å²) in [6, 6.07) is 5.78. The number of hydrogen-bond donors (Lipinski definition) is 0. The van der Waals surface area contributed by atoms with Gasteiger partial charge in [-0.25, -0.2) is 0 Å². The van der Waals surface area contributed by atoms with Gasteiger partial charge >= 0.3 is 10.2 Å². The third-order valence-corrected chi connectivity index (χ3v) is 6.36. The maximum Gasteiger partial charge on any atom is 0.332 e. The van der Waals surface area contributed by atoms with Crippen molar-refractivity contribution in [3.63, 3.8) is 0 Å². The normalized spacial score (nSPS) is 15.4. The number of aromatic nitrogens is 2. The number of halogens is 1. The molecule has 0 N–H and O–H groups in total. The van der Waals surface area contributed by atoms with Crippen molar-refractivity contribution in [3.05, 3.63) is 29.8 Å². The van der Waals surface area contributed by atoms with Gasteiger partial charge in [-0.05, 0) is 30.5 Å². The average molecular weight is 359 g/mol. The van der Waals surface area contributed by atoms with Crippen molar-refractivity contribution in [3.8, 4) is 0 Å². The summed E-state index contributed by atoms with van der Waals surface area (Å²) < 4.78 is 35.2. The van der Waals surface area contributed by atoms with E-state index in [-0.39, 0.29) is 4.90 Å². The fraction of sp³-hybridized carbons (Fsp3) is 0.385. The van der Waals surface area contributed by atoms with Crippen molar-refractivity contribution in [2.75, 3.05) is 18.0 Å². The molecule has 2 aromatic rings. The maximum absolute atomic E-state index is 12.8. The van der Waals surface area contributed by atoms with Gasteiger partial charge in [0.25, 0.3) is 0 Å². The molecule has 22 heavy (non-hydrogen) atoms. The first kappa shape index (κ1) is 15.7. The zero-order valence-corrected chi connectivity index (χ0v) is 14.1. The number of thioether (sulfide) groups is 1. The molecule has 1 aliphatic rings. The zero-order valence-electron chi connectivity index (χ0n) is 11.6. The summed E-state index contributed by atoms with van der Waals surface area (Å²) in [5.41, 5.74) is 0.912. The van der Waals surface area contributed by atoms with Gasteiger partial charge in [0.1, 0.15) is 0 Å². The highest BCUT2D eigenvalue weighted by molar-refractivity contribution is 8.00. The van der Waals surface area contributed by atoms with Gasteiger partial charge in [-0.2, -0.15) is 8.42 Å². The van der Waals surface area contributed by atoms with E-state index in [1.807, 2.05) is 0 Å². The number of benzene rings is 1. The van der Waals surface area contributed by atoms with Crippen LogP contribution < -0.4 is 4.90 Å². The molecule has 1 aromatic carbocycles. The number of anilines is 1. The first-order valence-corrected chi connectivity index (χ1v) is 9.96. The van der Waals surface area contributed by atoms with E-state index in [0.717, 1.165) is 28.1 Å². The average Bonchev–Trinajstić information content (AvgIpc) is 3.15. The Balaban J connectivity index is 1.60. The van der Waals surface area contributed by atoms with Crippen molar-refractivity contribution in [1.82, 2.24) is 10.2 Å². The summed E-state index contributed by atoms with van der Waals surface area (Å²) in [4.78, 5) is 1.93. The highest BCUT2D eigenvalue weighted by atomic mass is 32.3. The Kier molecular flexibility index (Phi) is 4.65. The van der Waals surface area contributed by atoms with Crippen molar-refractivity contribution in [2.24, 2.45) is 0 Å². The largest absolute Gasteiger partial charge is 0.347 e. The van der Waals surface area contributed by atoms with Crippen molar-refractivity contribution >= 4 is 38.5 Å². The Bertz CT molecular complexity index is 740. The molecule has 5 nitrogen and oxygen atoms in total. The molecule has 3 rings (SSSR count). The molecule has 0 atom stereocenters. The van der Waals surface area contributed by atoms with Crippen molar-refractivity contribution < 1.29 is 12.3 Å². The van der Waals surface area contributed by atoms with Gasteiger partial charge in [0.2, 0.25) is 5.13 Å². The Morgan fingerprint density at radius 2 is 1.86 bits per heavy atom. The Morgan fingerprint density at radius 3 is 2.50 bits per heavy atom. The molecule has 1 fully saturated rings. The second kappa shape index (κ2) is 6.51. The van der Waals surface area contributed by atoms with Gasteiger partial charge in [0, 0.05) is 18.8 Å². The zero-order chi connectivity index (χ0) is 15.6. The SMILES string of the molecule is O=S(=O)(F)c1ccc(CSc2nnc(N3CCCC3)s2)cc1. The lowest BCUT2D eigenvalue weighted by atomic mass is 10.2. The lowest BCUT2D eigenvalue weighted by Crippen LogP contribution is -2.17. The maximum atomic E-state index is 12.8. The van der Waals surface area contributed by atoms with E-state index in [4.69, 9.17) is 0 Å². The summed E-state index contributed by atoms with van der Waals surface area (Å²) in [7, 11) is -4.63. The Labute approximate surface area is 136 Å². The van der Waals surface area contributed by atoms with E-state index >= 15 is 0 Å². The van der Waals surface area contributed by atoms with Gasteiger partial charge in [-0.3, -0.25) is 0 Å². The molecule has 0 unspecified atom stereocenters. The molecule has 0 bridgehead atoms. The molecule has 118 valence electrons. The Morgan fingerprint density at radius 1 is 1.18 bits per heavy atom. The molecule has 0 saturated carbocycles. The fourth-order valence-electron chi connectivity index (χ4n) is 2.19. The molecule has 0 radical (unpaired) electrons. The van der Waals surface area contributed by atoms with E-state index in [2.05, 4.69) is 15.1 Å². The predicted octanol–water partition coefficient (Wildman–Crippen LogP) is 3.09. The van der Waals surface area contributed by atoms with Crippen molar-refractivity contribution in [1.29, 1.82) is 0 Å². The van der Waals surface area contributed by atoms with Gasteiger partial charge < -0.3 is 4.90 Å². The van der Waals surface area contributed by atoms with Crippen LogP contribution in [0.1, 0.15) is 18.4 Å². The molecule has 0 spiro atoms. The third-order valence-electron chi connectivity index (χ3n) is 3.34. The molecular weight excluding hydrogens is 345 g/mol. The van der Waals surface area contributed by atoms with Crippen LogP contribution in [0, 0.1) is 0 Å². The third kappa shape index (κ3) is 3.76. The van der Waals surface area contributed by atoms with E-state index in [1.54, 1.807) is 35.2 Å². The van der Waals surface area contributed by atoms with Gasteiger partial charge in [0.05, 0.1) is 4.90 Å². The molecule has 0 aliphatic carbocycles. The molecule has 1 aromatic heterocycles. The van der Waals surface area contributed by atoms with Crippen LogP contribution >= 0.6 is 23.1 Å². The van der Waals surface area contributed by atoms with E-state index < -0.39 is 10.2 Å². The van der Waals surface area contributed by atoms with Crippen LogP contribution in [0.2, 0.25) is 0 Å². The monoisotopic (exact) mass is 359 g/mol. The van der Waals surface area contributed by atoms with Crippen LogP contribution in [-0.4, -0.2) is 31.7 Å². The van der Waals surface area contributed by atoms with Crippen LogP contribution in [0.25, 0.3) is 0 Å². The van der Waals surface area contributed by atoms with E-state index in [0.29, 0.717) is 5.75 Å². The first-order valence-electron chi connectivity index (χ1n) is 6.77. The molecule has 9 heteroatoms. The highest BCUT2D eigenvalue weighted by Gasteiger charge is 2.17. The lowest BCUT2D eigenvalue weighted by Gasteiger charge is -2.10. The summed E-state index contributed by atoms with van der Waals surface area (Å²) >= 11 is 3.11. The number of rotatable bonds is 5. The van der Waals surface area contributed by atoms with Crippen LogP contribution in [0.4, 0.5) is 9.02 Å². The minimum Gasteiger partial charge on any atom is -0.347 e. The lowest BCUT2D eigenvalue weighted by molar-refractivity contribution is 0.552. The molecule has 1 saturated heterocycles. The number of hydrogen-bond acceptors (Lipinski definition) is 7. The molecule has 2 heterocycles. The standard InChI is InChI=1S/C13H14FN3O2S3/c14-22(18,19)11-5-3-10(4-6-11)9-20-13-16-15-12(21-13)17-7-1-2-8-17/h3-6H,1-2,7-9H2. The second-order valence-electron chi connectivity index (χ2n) is 4.92. The summed E-state index contributed by atoms with van der Waals surface area (Å²) in [5, 5.41) is 9.33. The summed E-state index contributed by atoms with van der Waals surface area (Å²) in [5.74, 6) is 0.640. The fourth-order valence-corrected chi connectivity index (χ4v) is 4.50. The predicted molar refractivity (Wildman–Crippen MR) is 85.7 cm³/mol. The van der Waals surface area contributed by atoms with Gasteiger partial charge in [-0.15, -0.1) is 14.1 Å². The molecule has 1 aliphatic heterocycles. The second-order valence-corrected chi connectivity index (χ2v) is 8.44. The first-order chi connectivity index (χ1) is 10.5. The Hall–Kier alpha value is -1.19. The molecule has 0 amide bonds. The summed E-state index contributed by atoms with van der Waals surface area (Å²) in [6.07, 6.45) is 2.40. The van der Waals surface area contributed by atoms with Gasteiger partial charge in [-0.1, -0.05) is 35.2 Å². The minimum absolute atomic E-state index is 0.312. The van der Waals surface area contributed by atoms with E-state index in [9.17, 15) is 12.3 Å². The topological polar surface area (TPSA) is 63.2 Å². The van der Waals surface area contributed by atoms with Crippen LogP contribution in [0.5, 0.6) is 0 Å². The minimum atomic E-state index is -4.63. The number of nitrogens with zero attached hydrogens (tertiary/aromatic N) is 3. The summed E-state index contributed by atoms with van der Waals surface area (Å²) in [6.45, 7) is 2.08. The smallest absolute Gasteiger partial charge is 0.332 e. The van der Waals surface area contributed by atoms with Crippen LogP contribution in [-0.2, 0) is 16.0 Å².